The highest BCUT2D eigenvalue weighted by Gasteiger charge is 2.24. The van der Waals surface area contributed by atoms with Crippen LogP contribution < -0.4 is 0 Å². The molecule has 1 aliphatic heterocycles. The molecule has 0 spiro atoms. The summed E-state index contributed by atoms with van der Waals surface area (Å²) in [6.07, 6.45) is 1.03. The molecule has 3 aromatic carbocycles. The van der Waals surface area contributed by atoms with Gasteiger partial charge in [-0.1, -0.05) is 72.3 Å². The minimum absolute atomic E-state index is 0.0305. The lowest BCUT2D eigenvalue weighted by atomic mass is 9.99. The quantitative estimate of drug-likeness (QED) is 0.632. The first-order valence-corrected chi connectivity index (χ1v) is 9.26. The topological polar surface area (TPSA) is 12.5 Å². The Morgan fingerprint density at radius 3 is 2.58 bits per heavy atom. The normalized spacial score (nSPS) is 16.5. The summed E-state index contributed by atoms with van der Waals surface area (Å²) in [5.74, 6) is 0. The molecule has 0 aliphatic carbocycles. The van der Waals surface area contributed by atoms with Crippen molar-refractivity contribution < 1.29 is 4.74 Å². The predicted molar refractivity (Wildman–Crippen MR) is 107 cm³/mol. The van der Waals surface area contributed by atoms with Crippen molar-refractivity contribution in [2.24, 2.45) is 0 Å². The zero-order chi connectivity index (χ0) is 17.9. The molecule has 0 fully saturated rings. The molecule has 0 N–H and O–H groups in total. The Bertz CT molecular complexity index is 885. The Hall–Kier alpha value is -2.42. The summed E-state index contributed by atoms with van der Waals surface area (Å²) in [5.41, 5.74) is 7.83. The van der Waals surface area contributed by atoms with Gasteiger partial charge in [0, 0.05) is 6.54 Å². The van der Waals surface area contributed by atoms with E-state index in [0.717, 1.165) is 19.6 Å². The van der Waals surface area contributed by atoms with E-state index in [2.05, 4.69) is 91.7 Å². The van der Waals surface area contributed by atoms with E-state index < -0.39 is 0 Å². The molecule has 1 unspecified atom stereocenters. The van der Waals surface area contributed by atoms with Crippen LogP contribution in [-0.2, 0) is 17.7 Å². The first-order valence-electron chi connectivity index (χ1n) is 9.26. The van der Waals surface area contributed by atoms with Crippen molar-refractivity contribution in [3.8, 4) is 11.1 Å². The highest BCUT2D eigenvalue weighted by atomic mass is 16.5. The second-order valence-corrected chi connectivity index (χ2v) is 7.15. The maximum atomic E-state index is 6.09. The molecular weight excluding hydrogens is 318 g/mol. The van der Waals surface area contributed by atoms with Gasteiger partial charge in [0.15, 0.2) is 0 Å². The average molecular weight is 343 g/mol. The van der Waals surface area contributed by atoms with Crippen molar-refractivity contribution >= 4 is 0 Å². The Balaban J connectivity index is 1.54. The zero-order valence-electron chi connectivity index (χ0n) is 15.5. The molecule has 1 heterocycles. The zero-order valence-corrected chi connectivity index (χ0v) is 15.5. The fraction of sp³-hybridized carbons (Fsp3) is 0.250. The Morgan fingerprint density at radius 1 is 0.923 bits per heavy atom. The molecule has 1 atom stereocenters. The Labute approximate surface area is 156 Å². The molecule has 0 aromatic heterocycles. The van der Waals surface area contributed by atoms with Gasteiger partial charge in [-0.2, -0.15) is 0 Å². The molecule has 2 heteroatoms. The van der Waals surface area contributed by atoms with E-state index in [4.69, 9.17) is 4.74 Å². The van der Waals surface area contributed by atoms with Crippen molar-refractivity contribution in [2.75, 3.05) is 13.7 Å². The van der Waals surface area contributed by atoms with E-state index in [9.17, 15) is 0 Å². The third-order valence-corrected chi connectivity index (χ3v) is 5.11. The van der Waals surface area contributed by atoms with Crippen LogP contribution in [0.3, 0.4) is 0 Å². The molecule has 4 rings (SSSR count). The molecule has 3 aromatic rings. The van der Waals surface area contributed by atoms with Gasteiger partial charge in [-0.3, -0.25) is 4.90 Å². The fourth-order valence-corrected chi connectivity index (χ4v) is 3.70. The second kappa shape index (κ2) is 7.45. The maximum Gasteiger partial charge on any atom is 0.137 e. The van der Waals surface area contributed by atoms with Crippen molar-refractivity contribution in [3.63, 3.8) is 0 Å². The molecule has 132 valence electrons. The van der Waals surface area contributed by atoms with Crippen LogP contribution in [0.1, 0.15) is 28.5 Å². The number of hydrogen-bond donors (Lipinski definition) is 0. The number of benzene rings is 3. The Kier molecular flexibility index (Phi) is 4.87. The van der Waals surface area contributed by atoms with Crippen LogP contribution in [0.25, 0.3) is 11.1 Å². The lowest BCUT2D eigenvalue weighted by Crippen LogP contribution is -2.30. The SMILES string of the molecule is Cc1ccc(-c2cccc(CN(C)C3OCCc4ccccc43)c2)cc1. The fourth-order valence-electron chi connectivity index (χ4n) is 3.70. The predicted octanol–water partition coefficient (Wildman–Crippen LogP) is 5.37. The first-order chi connectivity index (χ1) is 12.7. The van der Waals surface area contributed by atoms with Gasteiger partial charge in [-0.25, -0.2) is 0 Å². The molecule has 0 amide bonds. The molecular formula is C24H25NO. The van der Waals surface area contributed by atoms with Crippen molar-refractivity contribution in [2.45, 2.75) is 26.1 Å². The minimum Gasteiger partial charge on any atom is -0.358 e. The van der Waals surface area contributed by atoms with Crippen LogP contribution in [-0.4, -0.2) is 18.6 Å². The van der Waals surface area contributed by atoms with E-state index in [0.29, 0.717) is 0 Å². The lowest BCUT2D eigenvalue weighted by molar-refractivity contribution is -0.0624. The summed E-state index contributed by atoms with van der Waals surface area (Å²) >= 11 is 0. The summed E-state index contributed by atoms with van der Waals surface area (Å²) in [4.78, 5) is 2.30. The van der Waals surface area contributed by atoms with Gasteiger partial charge in [0.05, 0.1) is 6.61 Å². The molecule has 2 nitrogen and oxygen atoms in total. The van der Waals surface area contributed by atoms with Gasteiger partial charge in [0.25, 0.3) is 0 Å². The second-order valence-electron chi connectivity index (χ2n) is 7.15. The van der Waals surface area contributed by atoms with Crippen LogP contribution in [0.5, 0.6) is 0 Å². The summed E-state index contributed by atoms with van der Waals surface area (Å²) in [6.45, 7) is 3.77. The van der Waals surface area contributed by atoms with Crippen molar-refractivity contribution in [1.29, 1.82) is 0 Å². The van der Waals surface area contributed by atoms with E-state index in [1.165, 1.54) is 33.4 Å². The van der Waals surface area contributed by atoms with Gasteiger partial charge in [0.2, 0.25) is 0 Å². The molecule has 0 radical (unpaired) electrons. The van der Waals surface area contributed by atoms with Gasteiger partial charge in [0.1, 0.15) is 6.23 Å². The summed E-state index contributed by atoms with van der Waals surface area (Å²) in [6, 6.07) is 26.2. The lowest BCUT2D eigenvalue weighted by Gasteiger charge is -2.33. The van der Waals surface area contributed by atoms with Crippen LogP contribution in [0.4, 0.5) is 0 Å². The summed E-state index contributed by atoms with van der Waals surface area (Å²) < 4.78 is 6.09. The number of aryl methyl sites for hydroxylation is 1. The van der Waals surface area contributed by atoms with Gasteiger partial charge >= 0.3 is 0 Å². The third-order valence-electron chi connectivity index (χ3n) is 5.11. The van der Waals surface area contributed by atoms with Gasteiger partial charge in [-0.05, 0) is 54.3 Å². The molecule has 0 saturated carbocycles. The number of hydrogen-bond acceptors (Lipinski definition) is 2. The van der Waals surface area contributed by atoms with Crippen LogP contribution in [0.2, 0.25) is 0 Å². The standard InChI is InChI=1S/C24H25NO/c1-18-10-12-20(13-11-18)22-8-5-6-19(16-22)17-25(2)24-23-9-4-3-7-21(23)14-15-26-24/h3-13,16,24H,14-15,17H2,1-2H3. The summed E-state index contributed by atoms with van der Waals surface area (Å²) in [7, 11) is 2.14. The van der Waals surface area contributed by atoms with Crippen LogP contribution in [0.15, 0.2) is 72.8 Å². The minimum atomic E-state index is 0.0305. The van der Waals surface area contributed by atoms with Gasteiger partial charge < -0.3 is 4.74 Å². The maximum absolute atomic E-state index is 6.09. The van der Waals surface area contributed by atoms with E-state index >= 15 is 0 Å². The highest BCUT2D eigenvalue weighted by Crippen LogP contribution is 2.30. The molecule has 0 bridgehead atoms. The van der Waals surface area contributed by atoms with Crippen molar-refractivity contribution in [1.82, 2.24) is 4.90 Å². The van der Waals surface area contributed by atoms with E-state index in [1.54, 1.807) is 0 Å². The van der Waals surface area contributed by atoms with E-state index in [1.807, 2.05) is 0 Å². The van der Waals surface area contributed by atoms with Crippen LogP contribution >= 0.6 is 0 Å². The Morgan fingerprint density at radius 2 is 1.73 bits per heavy atom. The number of fused-ring (bicyclic) bond motifs is 1. The van der Waals surface area contributed by atoms with E-state index in [-0.39, 0.29) is 6.23 Å². The highest BCUT2D eigenvalue weighted by molar-refractivity contribution is 5.64. The smallest absolute Gasteiger partial charge is 0.137 e. The number of nitrogens with zero attached hydrogens (tertiary/aromatic N) is 1. The van der Waals surface area contributed by atoms with Gasteiger partial charge in [-0.15, -0.1) is 0 Å². The molecule has 26 heavy (non-hydrogen) atoms. The average Bonchev–Trinajstić information content (AvgIpc) is 2.68. The molecule has 1 aliphatic rings. The third kappa shape index (κ3) is 3.57. The molecule has 0 saturated heterocycles. The monoisotopic (exact) mass is 343 g/mol. The number of ether oxygens (including phenoxy) is 1. The van der Waals surface area contributed by atoms with Crippen molar-refractivity contribution in [3.05, 3.63) is 95.1 Å². The summed E-state index contributed by atoms with van der Waals surface area (Å²) in [5, 5.41) is 0. The number of rotatable bonds is 4. The van der Waals surface area contributed by atoms with Crippen LogP contribution in [0, 0.1) is 6.92 Å². The first kappa shape index (κ1) is 17.0. The largest absolute Gasteiger partial charge is 0.358 e.